The van der Waals surface area contributed by atoms with Crippen molar-refractivity contribution in [2.24, 2.45) is 0 Å². The Hall–Kier alpha value is -3.68. The Bertz CT molecular complexity index is 1020. The van der Waals surface area contributed by atoms with Crippen LogP contribution in [-0.4, -0.2) is 34.8 Å². The number of hydrogen-bond donors (Lipinski definition) is 3. The molecule has 8 heteroatoms. The first-order valence-corrected chi connectivity index (χ1v) is 11.3. The van der Waals surface area contributed by atoms with Crippen molar-refractivity contribution in [3.05, 3.63) is 54.1 Å². The number of benzene rings is 2. The van der Waals surface area contributed by atoms with Crippen molar-refractivity contribution in [2.75, 3.05) is 15.5 Å². The lowest BCUT2D eigenvalue weighted by Gasteiger charge is -2.36. The maximum atomic E-state index is 13.1. The number of fused-ring (bicyclic) bond motifs is 1. The van der Waals surface area contributed by atoms with Gasteiger partial charge in [-0.3, -0.25) is 19.3 Å². The van der Waals surface area contributed by atoms with Gasteiger partial charge in [-0.25, -0.2) is 4.79 Å². The predicted molar refractivity (Wildman–Crippen MR) is 126 cm³/mol. The third-order valence-electron chi connectivity index (χ3n) is 5.59. The van der Waals surface area contributed by atoms with E-state index in [1.54, 1.807) is 24.3 Å². The van der Waals surface area contributed by atoms with Crippen LogP contribution in [0.25, 0.3) is 0 Å². The molecule has 3 amide bonds. The highest BCUT2D eigenvalue weighted by molar-refractivity contribution is 6.13. The van der Waals surface area contributed by atoms with Crippen molar-refractivity contribution in [2.45, 2.75) is 57.9 Å². The molecule has 1 heterocycles. The monoisotopic (exact) mass is 451 g/mol. The molecule has 1 aliphatic rings. The molecule has 33 heavy (non-hydrogen) atoms. The number of nitrogens with zero attached hydrogens (tertiary/aromatic N) is 1. The van der Waals surface area contributed by atoms with Crippen molar-refractivity contribution in [3.63, 3.8) is 0 Å². The van der Waals surface area contributed by atoms with Crippen molar-refractivity contribution in [1.82, 2.24) is 0 Å². The number of amides is 3. The molecule has 2 aromatic carbocycles. The fourth-order valence-corrected chi connectivity index (χ4v) is 3.87. The Labute approximate surface area is 193 Å². The minimum Gasteiger partial charge on any atom is -0.478 e. The number of para-hydroxylation sites is 2. The average molecular weight is 452 g/mol. The van der Waals surface area contributed by atoms with E-state index in [-0.39, 0.29) is 17.9 Å². The van der Waals surface area contributed by atoms with E-state index in [4.69, 9.17) is 5.11 Å². The van der Waals surface area contributed by atoms with E-state index in [2.05, 4.69) is 17.6 Å². The van der Waals surface area contributed by atoms with Crippen LogP contribution in [-0.2, 0) is 14.4 Å². The molecule has 0 aliphatic carbocycles. The molecule has 1 aliphatic heterocycles. The number of anilines is 3. The van der Waals surface area contributed by atoms with Crippen LogP contribution in [0.5, 0.6) is 0 Å². The van der Waals surface area contributed by atoms with Gasteiger partial charge in [-0.15, -0.1) is 0 Å². The molecule has 0 saturated carbocycles. The van der Waals surface area contributed by atoms with Crippen LogP contribution >= 0.6 is 0 Å². The minimum absolute atomic E-state index is 0.104. The molecule has 3 rings (SSSR count). The lowest BCUT2D eigenvalue weighted by atomic mass is 10.0. The summed E-state index contributed by atoms with van der Waals surface area (Å²) in [5, 5.41) is 14.5. The summed E-state index contributed by atoms with van der Waals surface area (Å²) in [5.41, 5.74) is 1.64. The molecule has 0 aromatic heterocycles. The van der Waals surface area contributed by atoms with Gasteiger partial charge in [-0.2, -0.15) is 0 Å². The summed E-state index contributed by atoms with van der Waals surface area (Å²) in [6, 6.07) is 11.8. The van der Waals surface area contributed by atoms with Crippen LogP contribution < -0.4 is 15.5 Å². The molecule has 8 nitrogen and oxygen atoms in total. The summed E-state index contributed by atoms with van der Waals surface area (Å²) in [5.74, 6) is -2.10. The zero-order valence-corrected chi connectivity index (χ0v) is 18.7. The van der Waals surface area contributed by atoms with Gasteiger partial charge in [0.05, 0.1) is 23.4 Å². The van der Waals surface area contributed by atoms with Gasteiger partial charge in [-0.05, 0) is 42.8 Å². The quantitative estimate of drug-likeness (QED) is 0.462. The van der Waals surface area contributed by atoms with Gasteiger partial charge in [0.2, 0.25) is 17.7 Å². The molecule has 3 N–H and O–H groups in total. The fraction of sp³-hybridized carbons (Fsp3) is 0.360. The largest absolute Gasteiger partial charge is 0.478 e. The van der Waals surface area contributed by atoms with E-state index in [1.165, 1.54) is 29.2 Å². The van der Waals surface area contributed by atoms with Crippen LogP contribution in [0.2, 0.25) is 0 Å². The Morgan fingerprint density at radius 3 is 2.39 bits per heavy atom. The first kappa shape index (κ1) is 24.0. The number of rotatable bonds is 10. The highest BCUT2D eigenvalue weighted by Crippen LogP contribution is 2.33. The number of carbonyl (C=O) groups excluding carboxylic acids is 3. The van der Waals surface area contributed by atoms with Crippen LogP contribution in [0, 0.1) is 0 Å². The second kappa shape index (κ2) is 11.3. The SMILES string of the molecule is CCCCCCCC(=O)N1c2ccccc2NC(=O)[C@@H]1CC(=O)Nc1ccc(C(=O)O)cc1. The molecule has 174 valence electrons. The Morgan fingerprint density at radius 1 is 1.00 bits per heavy atom. The molecule has 0 saturated heterocycles. The molecule has 0 spiro atoms. The average Bonchev–Trinajstić information content (AvgIpc) is 2.79. The number of unbranched alkanes of at least 4 members (excludes halogenated alkanes) is 4. The van der Waals surface area contributed by atoms with Gasteiger partial charge < -0.3 is 15.7 Å². The Kier molecular flexibility index (Phi) is 8.18. The van der Waals surface area contributed by atoms with Gasteiger partial charge >= 0.3 is 5.97 Å². The minimum atomic E-state index is -1.06. The first-order chi connectivity index (χ1) is 15.9. The van der Waals surface area contributed by atoms with E-state index in [9.17, 15) is 19.2 Å². The second-order valence-corrected chi connectivity index (χ2v) is 8.08. The summed E-state index contributed by atoms with van der Waals surface area (Å²) in [6.07, 6.45) is 5.06. The number of aromatic carboxylic acids is 1. The first-order valence-electron chi connectivity index (χ1n) is 11.3. The van der Waals surface area contributed by atoms with E-state index < -0.39 is 23.8 Å². The zero-order chi connectivity index (χ0) is 23.8. The molecular formula is C25H29N3O5. The van der Waals surface area contributed by atoms with Crippen LogP contribution in [0.4, 0.5) is 17.1 Å². The Morgan fingerprint density at radius 2 is 1.70 bits per heavy atom. The van der Waals surface area contributed by atoms with Crippen LogP contribution in [0.1, 0.15) is 62.2 Å². The molecule has 0 fully saturated rings. The molecule has 0 bridgehead atoms. The van der Waals surface area contributed by atoms with Crippen molar-refractivity contribution in [1.29, 1.82) is 0 Å². The van der Waals surface area contributed by atoms with Crippen molar-refractivity contribution >= 4 is 40.8 Å². The van der Waals surface area contributed by atoms with E-state index in [0.29, 0.717) is 23.5 Å². The molecular weight excluding hydrogens is 422 g/mol. The molecule has 0 radical (unpaired) electrons. The highest BCUT2D eigenvalue weighted by atomic mass is 16.4. The standard InChI is InChI=1S/C25H29N3O5/c1-2-3-4-5-6-11-23(30)28-20-10-8-7-9-19(20)27-24(31)21(28)16-22(29)26-18-14-12-17(13-15-18)25(32)33/h7-10,12-15,21H,2-6,11,16H2,1H3,(H,26,29)(H,27,31)(H,32,33)/t21-/m0/s1. The van der Waals surface area contributed by atoms with Crippen molar-refractivity contribution in [3.8, 4) is 0 Å². The van der Waals surface area contributed by atoms with Gasteiger partial charge in [0.25, 0.3) is 0 Å². The van der Waals surface area contributed by atoms with Crippen LogP contribution in [0.15, 0.2) is 48.5 Å². The lowest BCUT2D eigenvalue weighted by Crippen LogP contribution is -2.52. The summed E-state index contributed by atoms with van der Waals surface area (Å²) in [4.78, 5) is 51.1. The maximum Gasteiger partial charge on any atom is 0.335 e. The van der Waals surface area contributed by atoms with Gasteiger partial charge in [0.15, 0.2) is 0 Å². The summed E-state index contributed by atoms with van der Waals surface area (Å²) in [7, 11) is 0. The topological polar surface area (TPSA) is 116 Å². The molecule has 0 unspecified atom stereocenters. The number of hydrogen-bond acceptors (Lipinski definition) is 4. The summed E-state index contributed by atoms with van der Waals surface area (Å²) >= 11 is 0. The predicted octanol–water partition coefficient (Wildman–Crippen LogP) is 4.43. The zero-order valence-electron chi connectivity index (χ0n) is 18.7. The smallest absolute Gasteiger partial charge is 0.335 e. The van der Waals surface area contributed by atoms with Crippen LogP contribution in [0.3, 0.4) is 0 Å². The molecule has 1 atom stereocenters. The number of nitrogens with one attached hydrogen (secondary N) is 2. The highest BCUT2D eigenvalue weighted by Gasteiger charge is 2.37. The van der Waals surface area contributed by atoms with Gasteiger partial charge in [0.1, 0.15) is 6.04 Å². The Balaban J connectivity index is 1.73. The van der Waals surface area contributed by atoms with Crippen molar-refractivity contribution < 1.29 is 24.3 Å². The number of carboxylic acids is 1. The number of carboxylic acid groups (broad SMARTS) is 1. The number of carbonyl (C=O) groups is 4. The summed E-state index contributed by atoms with van der Waals surface area (Å²) < 4.78 is 0. The second-order valence-electron chi connectivity index (χ2n) is 8.08. The van der Waals surface area contributed by atoms with Gasteiger partial charge in [0, 0.05) is 12.1 Å². The normalized spacial score (nSPS) is 14.9. The lowest BCUT2D eigenvalue weighted by molar-refractivity contribution is -0.126. The van der Waals surface area contributed by atoms with E-state index >= 15 is 0 Å². The third-order valence-corrected chi connectivity index (χ3v) is 5.59. The van der Waals surface area contributed by atoms with Gasteiger partial charge in [-0.1, -0.05) is 44.7 Å². The fourth-order valence-electron chi connectivity index (χ4n) is 3.87. The maximum absolute atomic E-state index is 13.1. The van der Waals surface area contributed by atoms with E-state index in [1.807, 2.05) is 0 Å². The third kappa shape index (κ3) is 6.19. The molecule has 2 aromatic rings. The van der Waals surface area contributed by atoms with E-state index in [0.717, 1.165) is 32.1 Å². The summed E-state index contributed by atoms with van der Waals surface area (Å²) in [6.45, 7) is 2.13.